The highest BCUT2D eigenvalue weighted by Gasteiger charge is 2.16. The van der Waals surface area contributed by atoms with Gasteiger partial charge in [0.05, 0.1) is 0 Å². The van der Waals surface area contributed by atoms with E-state index in [0.29, 0.717) is 28.3 Å². The molecule has 3 aromatic carbocycles. The zero-order valence-electron chi connectivity index (χ0n) is 15.6. The summed E-state index contributed by atoms with van der Waals surface area (Å²) < 4.78 is 13.2. The van der Waals surface area contributed by atoms with Gasteiger partial charge in [-0.2, -0.15) is 0 Å². The van der Waals surface area contributed by atoms with Crippen molar-refractivity contribution in [2.45, 2.75) is 13.0 Å². The summed E-state index contributed by atoms with van der Waals surface area (Å²) in [5, 5.41) is 3.37. The van der Waals surface area contributed by atoms with Crippen molar-refractivity contribution >= 4 is 29.4 Å². The van der Waals surface area contributed by atoms with Gasteiger partial charge in [-0.15, -0.1) is 0 Å². The molecule has 0 aliphatic rings. The Morgan fingerprint density at radius 1 is 0.897 bits per heavy atom. The molecular weight excluding hydrogens is 389 g/mol. The van der Waals surface area contributed by atoms with Gasteiger partial charge in [0.25, 0.3) is 0 Å². The fourth-order valence-electron chi connectivity index (χ4n) is 2.76. The van der Waals surface area contributed by atoms with Gasteiger partial charge in [0, 0.05) is 29.1 Å². The largest absolute Gasteiger partial charge is 0.348 e. The number of carbonyl (C=O) groups excluding carboxylic acids is 2. The fraction of sp³-hybridized carbons (Fsp3) is 0.0833. The summed E-state index contributed by atoms with van der Waals surface area (Å²) in [6.45, 7) is 0.343. The van der Waals surface area contributed by atoms with Crippen LogP contribution in [0, 0.1) is 5.82 Å². The molecule has 1 N–H and O–H groups in total. The molecule has 0 radical (unpaired) electrons. The van der Waals surface area contributed by atoms with Crippen LogP contribution in [0.3, 0.4) is 0 Å². The van der Waals surface area contributed by atoms with Gasteiger partial charge in [0.15, 0.2) is 5.78 Å². The van der Waals surface area contributed by atoms with Gasteiger partial charge in [-0.3, -0.25) is 9.59 Å². The van der Waals surface area contributed by atoms with E-state index >= 15 is 0 Å². The zero-order valence-corrected chi connectivity index (χ0v) is 16.3. The molecule has 0 bridgehead atoms. The maximum atomic E-state index is 13.2. The Labute approximate surface area is 173 Å². The molecule has 3 nitrogen and oxygen atoms in total. The van der Waals surface area contributed by atoms with Crippen LogP contribution < -0.4 is 5.32 Å². The highest BCUT2D eigenvalue weighted by Crippen LogP contribution is 2.17. The lowest BCUT2D eigenvalue weighted by atomic mass is 10.00. The molecule has 29 heavy (non-hydrogen) atoms. The van der Waals surface area contributed by atoms with E-state index in [2.05, 4.69) is 5.32 Å². The van der Waals surface area contributed by atoms with Crippen molar-refractivity contribution in [3.8, 4) is 0 Å². The van der Waals surface area contributed by atoms with E-state index < -0.39 is 0 Å². The van der Waals surface area contributed by atoms with Gasteiger partial charge >= 0.3 is 0 Å². The molecule has 0 atom stereocenters. The molecule has 0 saturated heterocycles. The summed E-state index contributed by atoms with van der Waals surface area (Å²) in [4.78, 5) is 25.4. The molecule has 5 heteroatoms. The summed E-state index contributed by atoms with van der Waals surface area (Å²) in [6.07, 6.45) is 1.52. The lowest BCUT2D eigenvalue weighted by Gasteiger charge is -2.10. The number of benzene rings is 3. The molecule has 1 amide bonds. The first-order chi connectivity index (χ1) is 14.0. The Hall–Kier alpha value is -3.24. The Morgan fingerprint density at radius 3 is 2.21 bits per heavy atom. The van der Waals surface area contributed by atoms with Crippen molar-refractivity contribution < 1.29 is 14.0 Å². The number of nitrogens with one attached hydrogen (secondary N) is 1. The number of hydrogen-bond acceptors (Lipinski definition) is 2. The Kier molecular flexibility index (Phi) is 6.93. The summed E-state index contributed by atoms with van der Waals surface area (Å²) in [7, 11) is 0. The van der Waals surface area contributed by atoms with E-state index in [0.717, 1.165) is 5.56 Å². The Morgan fingerprint density at radius 2 is 1.55 bits per heavy atom. The molecule has 0 fully saturated rings. The molecule has 146 valence electrons. The first-order valence-corrected chi connectivity index (χ1v) is 9.46. The zero-order chi connectivity index (χ0) is 20.6. The maximum absolute atomic E-state index is 13.2. The second-order valence-corrected chi connectivity index (χ2v) is 6.93. The van der Waals surface area contributed by atoms with Crippen LogP contribution in [0.25, 0.3) is 6.08 Å². The van der Waals surface area contributed by atoms with Gasteiger partial charge in [-0.05, 0) is 53.6 Å². The van der Waals surface area contributed by atoms with Crippen LogP contribution in [-0.2, 0) is 11.3 Å². The number of ketones is 1. The van der Waals surface area contributed by atoms with Gasteiger partial charge in [0.2, 0.25) is 5.91 Å². The van der Waals surface area contributed by atoms with Crippen molar-refractivity contribution in [3.63, 3.8) is 0 Å². The van der Waals surface area contributed by atoms with E-state index in [4.69, 9.17) is 11.6 Å². The van der Waals surface area contributed by atoms with Gasteiger partial charge in [-0.1, -0.05) is 54.1 Å². The maximum Gasteiger partial charge on any atom is 0.247 e. The van der Waals surface area contributed by atoms with Crippen LogP contribution in [0.4, 0.5) is 4.39 Å². The van der Waals surface area contributed by atoms with Gasteiger partial charge < -0.3 is 5.32 Å². The molecule has 3 aromatic rings. The predicted molar refractivity (Wildman–Crippen MR) is 113 cm³/mol. The number of hydrogen-bond donors (Lipinski definition) is 1. The number of Topliss-reactive ketones (excluding diaryl/α,β-unsaturated/α-hetero) is 1. The molecule has 0 saturated carbocycles. The van der Waals surface area contributed by atoms with E-state index in [1.807, 2.05) is 30.3 Å². The molecule has 0 aromatic heterocycles. The summed E-state index contributed by atoms with van der Waals surface area (Å²) in [5.41, 5.74) is 2.36. The highest BCUT2D eigenvalue weighted by atomic mass is 35.5. The minimum Gasteiger partial charge on any atom is -0.348 e. The fourth-order valence-corrected chi connectivity index (χ4v) is 2.89. The normalized spacial score (nSPS) is 11.2. The van der Waals surface area contributed by atoms with Crippen LogP contribution in [0.5, 0.6) is 0 Å². The minimum absolute atomic E-state index is 0.0837. The molecule has 0 spiro atoms. The van der Waals surface area contributed by atoms with Crippen molar-refractivity contribution in [3.05, 3.63) is 112 Å². The topological polar surface area (TPSA) is 46.2 Å². The number of halogens is 2. The second kappa shape index (κ2) is 9.80. The third-order valence-electron chi connectivity index (χ3n) is 4.32. The van der Waals surface area contributed by atoms with Crippen molar-refractivity contribution in [1.82, 2.24) is 5.32 Å². The third-order valence-corrected chi connectivity index (χ3v) is 4.57. The SMILES string of the molecule is O=C(NCc1ccccc1)/C(=C/c1ccc(F)cc1)CC(=O)c1ccc(Cl)cc1. The van der Waals surface area contributed by atoms with Crippen LogP contribution in [0.1, 0.15) is 27.9 Å². The first kappa shape index (κ1) is 20.5. The average Bonchev–Trinajstić information content (AvgIpc) is 2.74. The quantitative estimate of drug-likeness (QED) is 0.418. The van der Waals surface area contributed by atoms with Crippen LogP contribution in [0.2, 0.25) is 5.02 Å². The van der Waals surface area contributed by atoms with E-state index in [1.165, 1.54) is 12.1 Å². The Bertz CT molecular complexity index is 1010. The first-order valence-electron chi connectivity index (χ1n) is 9.08. The molecular formula is C24H19ClFNO2. The summed E-state index contributed by atoms with van der Waals surface area (Å²) >= 11 is 5.87. The van der Waals surface area contributed by atoms with Gasteiger partial charge in [0.1, 0.15) is 5.82 Å². The smallest absolute Gasteiger partial charge is 0.247 e. The highest BCUT2D eigenvalue weighted by molar-refractivity contribution is 6.30. The number of rotatable bonds is 7. The third kappa shape index (κ3) is 6.13. The number of carbonyl (C=O) groups is 2. The van der Waals surface area contributed by atoms with Crippen LogP contribution >= 0.6 is 11.6 Å². The van der Waals surface area contributed by atoms with Crippen LogP contribution in [0.15, 0.2) is 84.4 Å². The summed E-state index contributed by atoms with van der Waals surface area (Å²) in [6, 6.07) is 21.8. The molecule has 0 aliphatic heterocycles. The monoisotopic (exact) mass is 407 g/mol. The van der Waals surface area contributed by atoms with Crippen molar-refractivity contribution in [2.24, 2.45) is 0 Å². The minimum atomic E-state index is -0.366. The lowest BCUT2D eigenvalue weighted by molar-refractivity contribution is -0.117. The predicted octanol–water partition coefficient (Wildman–Crippen LogP) is 5.45. The molecule has 0 heterocycles. The number of amides is 1. The van der Waals surface area contributed by atoms with E-state index in [9.17, 15) is 14.0 Å². The van der Waals surface area contributed by atoms with Crippen LogP contribution in [-0.4, -0.2) is 11.7 Å². The Balaban J connectivity index is 1.80. The second-order valence-electron chi connectivity index (χ2n) is 6.50. The molecule has 0 aliphatic carbocycles. The van der Waals surface area contributed by atoms with E-state index in [-0.39, 0.29) is 23.9 Å². The van der Waals surface area contributed by atoms with E-state index in [1.54, 1.807) is 42.5 Å². The summed E-state index contributed by atoms with van der Waals surface area (Å²) in [5.74, 6) is -0.917. The molecule has 0 unspecified atom stereocenters. The van der Waals surface area contributed by atoms with Crippen molar-refractivity contribution in [2.75, 3.05) is 0 Å². The lowest BCUT2D eigenvalue weighted by Crippen LogP contribution is -2.25. The van der Waals surface area contributed by atoms with Gasteiger partial charge in [-0.25, -0.2) is 4.39 Å². The van der Waals surface area contributed by atoms with Crippen molar-refractivity contribution in [1.29, 1.82) is 0 Å². The molecule has 3 rings (SSSR count). The standard InChI is InChI=1S/C24H19ClFNO2/c25-21-10-8-19(9-11-21)23(28)15-20(14-17-6-12-22(26)13-7-17)24(29)27-16-18-4-2-1-3-5-18/h1-14H,15-16H2,(H,27,29)/b20-14+. The average molecular weight is 408 g/mol.